The van der Waals surface area contributed by atoms with Gasteiger partial charge in [0.2, 0.25) is 0 Å². The van der Waals surface area contributed by atoms with Crippen molar-refractivity contribution >= 4 is 5.69 Å². The molecule has 0 fully saturated rings. The minimum absolute atomic E-state index is 0.462. The van der Waals surface area contributed by atoms with Crippen LogP contribution in [-0.2, 0) is 11.2 Å². The summed E-state index contributed by atoms with van der Waals surface area (Å²) >= 11 is 0. The minimum atomic E-state index is 0.462. The quantitative estimate of drug-likeness (QED) is 0.787. The van der Waals surface area contributed by atoms with E-state index in [1.807, 2.05) is 0 Å². The highest BCUT2D eigenvalue weighted by Gasteiger charge is 2.13. The molecule has 0 aromatic heterocycles. The fourth-order valence-corrected chi connectivity index (χ4v) is 2.00. The molecule has 0 radical (unpaired) electrons. The fraction of sp³-hybridized carbons (Fsp3) is 0.571. The molecule has 0 saturated carbocycles. The van der Waals surface area contributed by atoms with Crippen molar-refractivity contribution in [3.63, 3.8) is 0 Å². The molecule has 2 N–H and O–H groups in total. The van der Waals surface area contributed by atoms with Crippen LogP contribution in [-0.4, -0.2) is 32.8 Å². The second-order valence-electron chi connectivity index (χ2n) is 4.45. The monoisotopic (exact) mass is 236 g/mol. The maximum Gasteiger partial charge on any atom is 0.0637 e. The second kappa shape index (κ2) is 7.30. The molecule has 96 valence electrons. The minimum Gasteiger partial charge on any atom is -0.383 e. The molecular formula is C14H24N2O. The van der Waals surface area contributed by atoms with Gasteiger partial charge in [0.15, 0.2) is 0 Å². The van der Waals surface area contributed by atoms with E-state index in [2.05, 4.69) is 43.0 Å². The first-order valence-corrected chi connectivity index (χ1v) is 6.24. The van der Waals surface area contributed by atoms with Gasteiger partial charge in [-0.3, -0.25) is 0 Å². The molecule has 0 atom stereocenters. The molecule has 1 aromatic rings. The smallest absolute Gasteiger partial charge is 0.0637 e. The van der Waals surface area contributed by atoms with Gasteiger partial charge in [-0.2, -0.15) is 0 Å². The summed E-state index contributed by atoms with van der Waals surface area (Å²) in [7, 11) is 1.74. The van der Waals surface area contributed by atoms with Gasteiger partial charge in [0, 0.05) is 25.4 Å². The number of methoxy groups -OCH3 is 1. The highest BCUT2D eigenvalue weighted by atomic mass is 16.5. The first kappa shape index (κ1) is 14.0. The van der Waals surface area contributed by atoms with Gasteiger partial charge < -0.3 is 15.4 Å². The zero-order chi connectivity index (χ0) is 12.7. The third-order valence-corrected chi connectivity index (χ3v) is 2.87. The van der Waals surface area contributed by atoms with Gasteiger partial charge >= 0.3 is 0 Å². The van der Waals surface area contributed by atoms with Gasteiger partial charge in [0.05, 0.1) is 6.61 Å². The number of hydrogen-bond acceptors (Lipinski definition) is 3. The zero-order valence-corrected chi connectivity index (χ0v) is 11.1. The lowest BCUT2D eigenvalue weighted by Crippen LogP contribution is -2.34. The van der Waals surface area contributed by atoms with Crippen LogP contribution in [0.1, 0.15) is 19.4 Å². The van der Waals surface area contributed by atoms with E-state index >= 15 is 0 Å². The Bertz CT molecular complexity index is 326. The largest absolute Gasteiger partial charge is 0.383 e. The van der Waals surface area contributed by atoms with Crippen LogP contribution in [0.5, 0.6) is 0 Å². The predicted molar refractivity (Wildman–Crippen MR) is 73.6 cm³/mol. The molecule has 0 saturated heterocycles. The van der Waals surface area contributed by atoms with E-state index in [9.17, 15) is 0 Å². The van der Waals surface area contributed by atoms with Crippen LogP contribution in [0.15, 0.2) is 24.3 Å². The van der Waals surface area contributed by atoms with Crippen molar-refractivity contribution in [2.24, 2.45) is 5.73 Å². The Morgan fingerprint density at radius 2 is 2.00 bits per heavy atom. The van der Waals surface area contributed by atoms with Gasteiger partial charge in [-0.15, -0.1) is 0 Å². The molecule has 1 aromatic carbocycles. The lowest BCUT2D eigenvalue weighted by Gasteiger charge is -2.30. The fourth-order valence-electron chi connectivity index (χ4n) is 2.00. The van der Waals surface area contributed by atoms with E-state index in [0.29, 0.717) is 12.6 Å². The highest BCUT2D eigenvalue weighted by Crippen LogP contribution is 2.22. The first-order valence-electron chi connectivity index (χ1n) is 6.24. The van der Waals surface area contributed by atoms with Gasteiger partial charge in [-0.05, 0) is 38.4 Å². The van der Waals surface area contributed by atoms with Gasteiger partial charge in [-0.25, -0.2) is 0 Å². The highest BCUT2D eigenvalue weighted by molar-refractivity contribution is 5.54. The lowest BCUT2D eigenvalue weighted by atomic mass is 10.1. The number of nitrogens with two attached hydrogens (primary N) is 1. The van der Waals surface area contributed by atoms with Crippen molar-refractivity contribution in [1.82, 2.24) is 0 Å². The van der Waals surface area contributed by atoms with E-state index in [4.69, 9.17) is 10.5 Å². The molecule has 3 heteroatoms. The number of ether oxygens (including phenoxy) is 1. The van der Waals surface area contributed by atoms with Gasteiger partial charge in [0.1, 0.15) is 0 Å². The summed E-state index contributed by atoms with van der Waals surface area (Å²) in [5, 5.41) is 0. The molecule has 0 aliphatic carbocycles. The normalized spacial score (nSPS) is 10.9. The summed E-state index contributed by atoms with van der Waals surface area (Å²) in [5.41, 5.74) is 8.26. The molecule has 1 rings (SSSR count). The molecule has 0 bridgehead atoms. The van der Waals surface area contributed by atoms with Crippen molar-refractivity contribution in [2.45, 2.75) is 26.3 Å². The number of anilines is 1. The van der Waals surface area contributed by atoms with E-state index in [0.717, 1.165) is 19.6 Å². The third-order valence-electron chi connectivity index (χ3n) is 2.87. The summed E-state index contributed by atoms with van der Waals surface area (Å²) < 4.78 is 5.18. The molecule has 3 nitrogen and oxygen atoms in total. The maximum atomic E-state index is 5.66. The first-order chi connectivity index (χ1) is 8.20. The van der Waals surface area contributed by atoms with Crippen LogP contribution in [0.4, 0.5) is 5.69 Å². The van der Waals surface area contributed by atoms with Crippen molar-refractivity contribution in [3.8, 4) is 0 Å². The Kier molecular flexibility index (Phi) is 6.01. The molecule has 17 heavy (non-hydrogen) atoms. The Morgan fingerprint density at radius 1 is 1.29 bits per heavy atom. The number of nitrogens with zero attached hydrogens (tertiary/aromatic N) is 1. The van der Waals surface area contributed by atoms with E-state index < -0.39 is 0 Å². The summed E-state index contributed by atoms with van der Waals surface area (Å²) in [5.74, 6) is 0. The summed E-state index contributed by atoms with van der Waals surface area (Å²) in [6.45, 7) is 6.75. The Labute approximate surface area is 105 Å². The predicted octanol–water partition coefficient (Wildman–Crippen LogP) is 2.05. The van der Waals surface area contributed by atoms with Crippen LogP contribution in [0.25, 0.3) is 0 Å². The third kappa shape index (κ3) is 4.02. The second-order valence-corrected chi connectivity index (χ2v) is 4.45. The van der Waals surface area contributed by atoms with Crippen molar-refractivity contribution in [3.05, 3.63) is 29.8 Å². The molecule has 0 amide bonds. The van der Waals surface area contributed by atoms with Gasteiger partial charge in [0.25, 0.3) is 0 Å². The lowest BCUT2D eigenvalue weighted by molar-refractivity contribution is 0.204. The number of benzene rings is 1. The standard InChI is InChI=1S/C14H24N2O/c1-12(2)16(10-11-17-3)14-7-5-4-6-13(14)8-9-15/h4-7,12H,8-11,15H2,1-3H3. The number of para-hydroxylation sites is 1. The zero-order valence-electron chi connectivity index (χ0n) is 11.1. The molecule has 0 spiro atoms. The average Bonchev–Trinajstić information content (AvgIpc) is 2.31. The topological polar surface area (TPSA) is 38.5 Å². The number of rotatable bonds is 7. The molecule has 0 unspecified atom stereocenters. The van der Waals surface area contributed by atoms with Crippen LogP contribution < -0.4 is 10.6 Å². The van der Waals surface area contributed by atoms with E-state index in [-0.39, 0.29) is 0 Å². The molecule has 0 heterocycles. The van der Waals surface area contributed by atoms with Gasteiger partial charge in [-0.1, -0.05) is 18.2 Å². The van der Waals surface area contributed by atoms with Crippen molar-refractivity contribution in [1.29, 1.82) is 0 Å². The number of hydrogen-bond donors (Lipinski definition) is 1. The summed E-state index contributed by atoms with van der Waals surface area (Å²) in [6.07, 6.45) is 0.923. The van der Waals surface area contributed by atoms with Crippen LogP contribution in [0, 0.1) is 0 Å². The molecule has 0 aliphatic rings. The van der Waals surface area contributed by atoms with Crippen molar-refractivity contribution in [2.75, 3.05) is 31.7 Å². The van der Waals surface area contributed by atoms with Crippen LogP contribution >= 0.6 is 0 Å². The Morgan fingerprint density at radius 3 is 2.59 bits per heavy atom. The van der Waals surface area contributed by atoms with Crippen LogP contribution in [0.3, 0.4) is 0 Å². The molecule has 0 aliphatic heterocycles. The van der Waals surface area contributed by atoms with Crippen molar-refractivity contribution < 1.29 is 4.74 Å². The van der Waals surface area contributed by atoms with E-state index in [1.165, 1.54) is 11.3 Å². The van der Waals surface area contributed by atoms with Crippen LogP contribution in [0.2, 0.25) is 0 Å². The average molecular weight is 236 g/mol. The maximum absolute atomic E-state index is 5.66. The van der Waals surface area contributed by atoms with E-state index in [1.54, 1.807) is 7.11 Å². The SMILES string of the molecule is COCCN(c1ccccc1CCN)C(C)C. The molecular weight excluding hydrogens is 212 g/mol. The summed E-state index contributed by atoms with van der Waals surface area (Å²) in [4.78, 5) is 2.37. The summed E-state index contributed by atoms with van der Waals surface area (Å²) in [6, 6.07) is 8.94. The Hall–Kier alpha value is -1.06. The Balaban J connectivity index is 2.91.